The summed E-state index contributed by atoms with van der Waals surface area (Å²) in [6, 6.07) is 3.59. The number of aliphatic hydroxyl groups excluding tert-OH is 2. The number of hydrogen-bond acceptors (Lipinski definition) is 8. The first-order valence-corrected chi connectivity index (χ1v) is 10.1. The molecule has 0 bridgehead atoms. The van der Waals surface area contributed by atoms with Crippen molar-refractivity contribution in [3.05, 3.63) is 47.7 Å². The Bertz CT molecular complexity index is 1040. The Morgan fingerprint density at radius 3 is 2.70 bits per heavy atom. The van der Waals surface area contributed by atoms with Crippen LogP contribution < -0.4 is 9.64 Å². The van der Waals surface area contributed by atoms with Gasteiger partial charge in [0.25, 0.3) is 11.8 Å². The highest BCUT2D eigenvalue weighted by Crippen LogP contribution is 2.32. The number of halogens is 2. The van der Waals surface area contributed by atoms with Crippen LogP contribution in [-0.2, 0) is 9.53 Å². The largest absolute Gasteiger partial charge is 0.471 e. The first-order chi connectivity index (χ1) is 15.9. The Balaban J connectivity index is 1.45. The van der Waals surface area contributed by atoms with Gasteiger partial charge in [0.05, 0.1) is 18.8 Å². The molecule has 3 heterocycles. The monoisotopic (exact) mass is 465 g/mol. The van der Waals surface area contributed by atoms with Crippen LogP contribution in [0, 0.1) is 11.6 Å². The van der Waals surface area contributed by atoms with Gasteiger partial charge in [-0.2, -0.15) is 0 Å². The third-order valence-corrected chi connectivity index (χ3v) is 5.34. The number of aliphatic hydroxyl groups is 2. The van der Waals surface area contributed by atoms with E-state index in [0.29, 0.717) is 5.57 Å². The lowest BCUT2D eigenvalue weighted by atomic mass is 9.97. The molecule has 2 aliphatic heterocycles. The maximum absolute atomic E-state index is 14.9. The average Bonchev–Trinajstić information content (AvgIpc) is 3.46. The highest BCUT2D eigenvalue weighted by molar-refractivity contribution is 5.90. The molecule has 0 unspecified atom stereocenters. The van der Waals surface area contributed by atoms with Gasteiger partial charge in [0, 0.05) is 24.7 Å². The molecule has 0 aliphatic carbocycles. The number of benzene rings is 1. The molecule has 2 aromatic rings. The Labute approximate surface area is 186 Å². The molecule has 0 radical (unpaired) electrons. The van der Waals surface area contributed by atoms with Gasteiger partial charge in [0.2, 0.25) is 0 Å². The summed E-state index contributed by atoms with van der Waals surface area (Å²) in [5, 5.41) is 21.9. The van der Waals surface area contributed by atoms with Crippen LogP contribution in [0.5, 0.6) is 5.88 Å². The zero-order valence-corrected chi connectivity index (χ0v) is 17.3. The van der Waals surface area contributed by atoms with E-state index in [1.54, 1.807) is 0 Å². The van der Waals surface area contributed by atoms with Crippen LogP contribution in [0.4, 0.5) is 19.3 Å². The molecule has 2 amide bonds. The predicted octanol–water partition coefficient (Wildman–Crippen LogP) is 1.33. The van der Waals surface area contributed by atoms with Crippen LogP contribution in [-0.4, -0.2) is 77.3 Å². The Morgan fingerprint density at radius 2 is 2.09 bits per heavy atom. The second kappa shape index (κ2) is 9.55. The van der Waals surface area contributed by atoms with Crippen molar-refractivity contribution in [1.82, 2.24) is 10.1 Å². The lowest BCUT2D eigenvalue weighted by Gasteiger charge is -2.28. The van der Waals surface area contributed by atoms with E-state index in [1.165, 1.54) is 23.3 Å². The van der Waals surface area contributed by atoms with Crippen molar-refractivity contribution in [3.63, 3.8) is 0 Å². The first-order valence-electron chi connectivity index (χ1n) is 10.1. The van der Waals surface area contributed by atoms with E-state index in [-0.39, 0.29) is 49.8 Å². The van der Waals surface area contributed by atoms with Crippen molar-refractivity contribution in [3.8, 4) is 5.88 Å². The predicted molar refractivity (Wildman–Crippen MR) is 108 cm³/mol. The number of cyclic esters (lactones) is 1. The molecule has 0 saturated carbocycles. The molecule has 2 N–H and O–H groups in total. The molecule has 1 saturated heterocycles. The highest BCUT2D eigenvalue weighted by Gasteiger charge is 2.34. The zero-order chi connectivity index (χ0) is 23.5. The van der Waals surface area contributed by atoms with Crippen LogP contribution in [0.2, 0.25) is 0 Å². The normalized spacial score (nSPS) is 19.3. The van der Waals surface area contributed by atoms with Crippen LogP contribution in [0.15, 0.2) is 35.1 Å². The number of anilines is 1. The SMILES string of the molecule is O=C([C@H](O)CO)N1CC=C(c2c(F)cc(N3C[C@H](COc4ccon4)OC3=O)cc2F)CC1. The molecular weight excluding hydrogens is 444 g/mol. The third-order valence-electron chi connectivity index (χ3n) is 5.34. The third kappa shape index (κ3) is 4.81. The van der Waals surface area contributed by atoms with E-state index in [9.17, 15) is 23.5 Å². The number of aromatic nitrogens is 1. The van der Waals surface area contributed by atoms with E-state index in [2.05, 4.69) is 9.68 Å². The molecular formula is C21H21F2N3O7. The smallest absolute Gasteiger partial charge is 0.414 e. The van der Waals surface area contributed by atoms with Crippen LogP contribution in [0.1, 0.15) is 12.0 Å². The summed E-state index contributed by atoms with van der Waals surface area (Å²) >= 11 is 0. The fourth-order valence-electron chi connectivity index (χ4n) is 3.68. The van der Waals surface area contributed by atoms with Crippen molar-refractivity contribution in [2.75, 3.05) is 37.7 Å². The summed E-state index contributed by atoms with van der Waals surface area (Å²) in [4.78, 5) is 26.6. The minimum atomic E-state index is -1.53. The van der Waals surface area contributed by atoms with Gasteiger partial charge >= 0.3 is 6.09 Å². The van der Waals surface area contributed by atoms with Gasteiger partial charge in [0.1, 0.15) is 24.5 Å². The summed E-state index contributed by atoms with van der Waals surface area (Å²) in [7, 11) is 0. The van der Waals surface area contributed by atoms with Crippen LogP contribution in [0.3, 0.4) is 0 Å². The Hall–Kier alpha value is -3.51. The van der Waals surface area contributed by atoms with Gasteiger partial charge < -0.3 is 29.1 Å². The van der Waals surface area contributed by atoms with E-state index in [4.69, 9.17) is 14.6 Å². The second-order valence-corrected chi connectivity index (χ2v) is 7.51. The molecule has 4 rings (SSSR count). The van der Waals surface area contributed by atoms with Gasteiger partial charge in [-0.15, -0.1) is 0 Å². The molecule has 0 spiro atoms. The number of carbonyl (C=O) groups is 2. The maximum Gasteiger partial charge on any atom is 0.414 e. The number of ether oxygens (including phenoxy) is 2. The zero-order valence-electron chi connectivity index (χ0n) is 17.3. The number of carbonyl (C=O) groups excluding carboxylic acids is 2. The fourth-order valence-corrected chi connectivity index (χ4v) is 3.68. The first kappa shape index (κ1) is 22.7. The Kier molecular flexibility index (Phi) is 6.56. The van der Waals surface area contributed by atoms with Crippen molar-refractivity contribution < 1.29 is 42.6 Å². The lowest BCUT2D eigenvalue weighted by Crippen LogP contribution is -2.42. The minimum absolute atomic E-state index is 0.00182. The van der Waals surface area contributed by atoms with Crippen molar-refractivity contribution >= 4 is 23.3 Å². The summed E-state index contributed by atoms with van der Waals surface area (Å²) in [5.41, 5.74) is 0.121. The van der Waals surface area contributed by atoms with Gasteiger partial charge in [0.15, 0.2) is 12.2 Å². The Morgan fingerprint density at radius 1 is 1.33 bits per heavy atom. The second-order valence-electron chi connectivity index (χ2n) is 7.51. The minimum Gasteiger partial charge on any atom is -0.471 e. The lowest BCUT2D eigenvalue weighted by molar-refractivity contribution is -0.141. The molecule has 10 nitrogen and oxygen atoms in total. The highest BCUT2D eigenvalue weighted by atomic mass is 19.1. The van der Waals surface area contributed by atoms with Crippen molar-refractivity contribution in [2.24, 2.45) is 0 Å². The summed E-state index contributed by atoms with van der Waals surface area (Å²) in [6.45, 7) is -0.513. The van der Waals surface area contributed by atoms with Gasteiger partial charge in [-0.05, 0) is 29.3 Å². The molecule has 1 fully saturated rings. The molecule has 12 heteroatoms. The van der Waals surface area contributed by atoms with E-state index >= 15 is 0 Å². The summed E-state index contributed by atoms with van der Waals surface area (Å²) in [5.74, 6) is -2.15. The molecule has 1 aromatic heterocycles. The van der Waals surface area contributed by atoms with E-state index < -0.39 is 42.4 Å². The van der Waals surface area contributed by atoms with Crippen molar-refractivity contribution in [2.45, 2.75) is 18.6 Å². The number of nitrogens with zero attached hydrogens (tertiary/aromatic N) is 3. The van der Waals surface area contributed by atoms with Gasteiger partial charge in [-0.25, -0.2) is 13.6 Å². The van der Waals surface area contributed by atoms with E-state index in [0.717, 1.165) is 17.0 Å². The van der Waals surface area contributed by atoms with E-state index in [1.807, 2.05) is 0 Å². The van der Waals surface area contributed by atoms with Crippen LogP contribution >= 0.6 is 0 Å². The maximum atomic E-state index is 14.9. The number of hydrogen-bond donors (Lipinski definition) is 2. The van der Waals surface area contributed by atoms with Crippen molar-refractivity contribution in [1.29, 1.82) is 0 Å². The molecule has 33 heavy (non-hydrogen) atoms. The standard InChI is InChI=1S/C21H21F2N3O7/c22-15-7-13(26-9-14(33-21(26)30)11-31-18-3-6-32-24-18)8-16(23)19(15)12-1-4-25(5-2-12)20(29)17(28)10-27/h1,3,6-8,14,17,27-28H,2,4-5,9-11H2/t14-,17-/m1/s1. The summed E-state index contributed by atoms with van der Waals surface area (Å²) < 4.78 is 44.9. The molecule has 2 aliphatic rings. The van der Waals surface area contributed by atoms with Crippen LogP contribution in [0.25, 0.3) is 5.57 Å². The average molecular weight is 465 g/mol. The molecule has 1 aromatic carbocycles. The topological polar surface area (TPSA) is 126 Å². The van der Waals surface area contributed by atoms with Gasteiger partial charge in [-0.3, -0.25) is 9.69 Å². The quantitative estimate of drug-likeness (QED) is 0.627. The fraction of sp³-hybridized carbons (Fsp3) is 0.381. The molecule has 176 valence electrons. The number of amides is 2. The summed E-state index contributed by atoms with van der Waals surface area (Å²) in [6.07, 6.45) is 0.0179. The van der Waals surface area contributed by atoms with Gasteiger partial charge in [-0.1, -0.05) is 6.08 Å². The number of rotatable bonds is 7. The molecule has 2 atom stereocenters.